The van der Waals surface area contributed by atoms with Crippen molar-refractivity contribution in [2.24, 2.45) is 7.05 Å². The second-order valence-corrected chi connectivity index (χ2v) is 8.08. The number of hydrogen-bond acceptors (Lipinski definition) is 5. The van der Waals surface area contributed by atoms with Gasteiger partial charge in [0.05, 0.1) is 29.4 Å². The Bertz CT molecular complexity index is 1570. The van der Waals surface area contributed by atoms with E-state index in [-0.39, 0.29) is 5.69 Å². The third-order valence-corrected chi connectivity index (χ3v) is 6.28. The lowest BCUT2D eigenvalue weighted by Crippen LogP contribution is -2.30. The third-order valence-electron chi connectivity index (χ3n) is 6.28. The molecule has 1 N–H and O–H groups in total. The first kappa shape index (κ1) is 18.9. The summed E-state index contributed by atoms with van der Waals surface area (Å²) in [5.74, 6) is -0.0165. The number of benzene rings is 2. The first-order valence-corrected chi connectivity index (χ1v) is 10.4. The van der Waals surface area contributed by atoms with Crippen molar-refractivity contribution in [3.05, 3.63) is 82.4 Å². The van der Waals surface area contributed by atoms with Crippen LogP contribution in [0.15, 0.2) is 59.8 Å². The van der Waals surface area contributed by atoms with Crippen molar-refractivity contribution < 1.29 is 9.50 Å². The van der Waals surface area contributed by atoms with Gasteiger partial charge in [-0.1, -0.05) is 18.2 Å². The molecular formula is C23H19FN6O2. The Kier molecular flexibility index (Phi) is 4.03. The van der Waals surface area contributed by atoms with Crippen LogP contribution >= 0.6 is 0 Å². The largest absolute Gasteiger partial charge is 0.388 e. The lowest BCUT2D eigenvalue weighted by Gasteiger charge is -2.29. The first-order valence-electron chi connectivity index (χ1n) is 10.4. The van der Waals surface area contributed by atoms with Gasteiger partial charge in [-0.05, 0) is 48.2 Å². The van der Waals surface area contributed by atoms with Gasteiger partial charge >= 0.3 is 5.69 Å². The van der Waals surface area contributed by atoms with Crippen LogP contribution in [0.2, 0.25) is 0 Å². The maximum Gasteiger partial charge on any atom is 0.330 e. The highest BCUT2D eigenvalue weighted by Crippen LogP contribution is 2.39. The minimum absolute atomic E-state index is 0.265. The molecule has 0 fully saturated rings. The average molecular weight is 430 g/mol. The number of nitrogens with zero attached hydrogens (tertiary/aromatic N) is 6. The quantitative estimate of drug-likeness (QED) is 0.465. The number of halogens is 1. The van der Waals surface area contributed by atoms with E-state index in [0.29, 0.717) is 41.1 Å². The highest BCUT2D eigenvalue weighted by atomic mass is 19.1. The van der Waals surface area contributed by atoms with Crippen molar-refractivity contribution in [2.75, 3.05) is 0 Å². The molecule has 2 atom stereocenters. The van der Waals surface area contributed by atoms with E-state index in [0.717, 1.165) is 11.0 Å². The molecule has 3 heterocycles. The van der Waals surface area contributed by atoms with E-state index in [4.69, 9.17) is 4.98 Å². The van der Waals surface area contributed by atoms with E-state index in [9.17, 15) is 14.3 Å². The SMILES string of the molecule is Cn1c(=O)n(C2CCC(O)c3ccc(F)cc32)c2nc(-n3cnc4ccccc43)ncc21. The van der Waals surface area contributed by atoms with E-state index in [2.05, 4.69) is 9.97 Å². The van der Waals surface area contributed by atoms with Crippen LogP contribution < -0.4 is 5.69 Å². The minimum atomic E-state index is -0.685. The maximum atomic E-state index is 14.1. The molecule has 6 rings (SSSR count). The number of aryl methyl sites for hydroxylation is 1. The second-order valence-electron chi connectivity index (χ2n) is 8.08. The zero-order chi connectivity index (χ0) is 22.0. The van der Waals surface area contributed by atoms with Crippen LogP contribution in [0.25, 0.3) is 28.1 Å². The zero-order valence-corrected chi connectivity index (χ0v) is 17.2. The standard InChI is InChI=1S/C23H19FN6O2/c1-28-19-11-25-22(29-12-26-16-4-2-3-5-18(16)29)27-21(19)30(23(28)32)17-8-9-20(31)14-7-6-13(24)10-15(14)17/h2-7,10-12,17,20,31H,8-9H2,1H3. The van der Waals surface area contributed by atoms with Gasteiger partial charge in [-0.25, -0.2) is 19.2 Å². The molecule has 0 aliphatic heterocycles. The maximum absolute atomic E-state index is 14.1. The predicted molar refractivity (Wildman–Crippen MR) is 116 cm³/mol. The Morgan fingerprint density at radius 3 is 2.78 bits per heavy atom. The molecule has 0 amide bonds. The molecule has 1 aliphatic carbocycles. The number of hydrogen-bond donors (Lipinski definition) is 1. The van der Waals surface area contributed by atoms with Crippen molar-refractivity contribution in [2.45, 2.75) is 25.0 Å². The molecule has 160 valence electrons. The van der Waals surface area contributed by atoms with Crippen LogP contribution in [0, 0.1) is 5.82 Å². The summed E-state index contributed by atoms with van der Waals surface area (Å²) in [4.78, 5) is 26.9. The summed E-state index contributed by atoms with van der Waals surface area (Å²) < 4.78 is 19.0. The van der Waals surface area contributed by atoms with Gasteiger partial charge < -0.3 is 5.11 Å². The van der Waals surface area contributed by atoms with Crippen molar-refractivity contribution >= 4 is 22.2 Å². The minimum Gasteiger partial charge on any atom is -0.388 e. The van der Waals surface area contributed by atoms with Crippen LogP contribution in [0.3, 0.4) is 0 Å². The fraction of sp³-hybridized carbons (Fsp3) is 0.217. The molecule has 2 unspecified atom stereocenters. The van der Waals surface area contributed by atoms with E-state index in [1.165, 1.54) is 16.7 Å². The molecule has 5 aromatic rings. The topological polar surface area (TPSA) is 90.8 Å². The van der Waals surface area contributed by atoms with Crippen LogP contribution in [0.1, 0.15) is 36.1 Å². The van der Waals surface area contributed by atoms with Gasteiger partial charge in [0.25, 0.3) is 0 Å². The lowest BCUT2D eigenvalue weighted by molar-refractivity contribution is 0.147. The first-order chi connectivity index (χ1) is 15.5. The van der Waals surface area contributed by atoms with Gasteiger partial charge in [0.2, 0.25) is 5.95 Å². The van der Waals surface area contributed by atoms with E-state index < -0.39 is 18.0 Å². The monoisotopic (exact) mass is 430 g/mol. The van der Waals surface area contributed by atoms with Gasteiger partial charge in [0, 0.05) is 7.05 Å². The Morgan fingerprint density at radius 1 is 1.06 bits per heavy atom. The fourth-order valence-corrected chi connectivity index (χ4v) is 4.67. The third kappa shape index (κ3) is 2.64. The predicted octanol–water partition coefficient (Wildman–Crippen LogP) is 3.02. The second kappa shape index (κ2) is 6.83. The summed E-state index contributed by atoms with van der Waals surface area (Å²) in [6, 6.07) is 11.5. The number of aromatic nitrogens is 6. The Morgan fingerprint density at radius 2 is 1.91 bits per heavy atom. The number of aliphatic hydroxyl groups is 1. The van der Waals surface area contributed by atoms with E-state index >= 15 is 0 Å². The van der Waals surface area contributed by atoms with Gasteiger partial charge in [-0.3, -0.25) is 13.7 Å². The molecule has 3 aromatic heterocycles. The Labute approximate surface area is 181 Å². The summed E-state index contributed by atoms with van der Waals surface area (Å²) in [6.45, 7) is 0. The number of rotatable bonds is 2. The van der Waals surface area contributed by atoms with Gasteiger partial charge in [-0.15, -0.1) is 0 Å². The molecule has 32 heavy (non-hydrogen) atoms. The average Bonchev–Trinajstić information content (AvgIpc) is 3.33. The summed E-state index contributed by atoms with van der Waals surface area (Å²) in [7, 11) is 1.67. The number of para-hydroxylation sites is 2. The lowest BCUT2D eigenvalue weighted by atomic mass is 9.85. The van der Waals surface area contributed by atoms with Gasteiger partial charge in [-0.2, -0.15) is 4.98 Å². The fourth-order valence-electron chi connectivity index (χ4n) is 4.67. The molecule has 0 radical (unpaired) electrons. The Balaban J connectivity index is 1.59. The molecule has 0 saturated heterocycles. The van der Waals surface area contributed by atoms with Crippen LogP contribution in [0.5, 0.6) is 0 Å². The van der Waals surface area contributed by atoms with E-state index in [1.54, 1.807) is 34.8 Å². The van der Waals surface area contributed by atoms with Gasteiger partial charge in [0.15, 0.2) is 5.65 Å². The molecule has 1 aliphatic rings. The zero-order valence-electron chi connectivity index (χ0n) is 17.2. The Hall–Kier alpha value is -3.85. The van der Waals surface area contributed by atoms with Crippen LogP contribution in [-0.4, -0.2) is 33.8 Å². The summed E-state index contributed by atoms with van der Waals surface area (Å²) in [6.07, 6.45) is 3.54. The molecular weight excluding hydrogens is 411 g/mol. The number of imidazole rings is 2. The number of aliphatic hydroxyl groups excluding tert-OH is 1. The van der Waals surface area contributed by atoms with Crippen molar-refractivity contribution in [3.8, 4) is 5.95 Å². The van der Waals surface area contributed by atoms with E-state index in [1.807, 2.05) is 24.3 Å². The smallest absolute Gasteiger partial charge is 0.330 e. The summed E-state index contributed by atoms with van der Waals surface area (Å²) in [5.41, 5.74) is 3.67. The molecule has 0 saturated carbocycles. The molecule has 9 heteroatoms. The number of fused-ring (bicyclic) bond motifs is 3. The highest BCUT2D eigenvalue weighted by Gasteiger charge is 2.31. The summed E-state index contributed by atoms with van der Waals surface area (Å²) in [5, 5.41) is 10.4. The molecule has 2 aromatic carbocycles. The van der Waals surface area contributed by atoms with Crippen molar-refractivity contribution in [1.82, 2.24) is 28.7 Å². The molecule has 8 nitrogen and oxygen atoms in total. The van der Waals surface area contributed by atoms with Crippen LogP contribution in [0.4, 0.5) is 4.39 Å². The normalized spacial score (nSPS) is 18.3. The van der Waals surface area contributed by atoms with Crippen molar-refractivity contribution in [3.63, 3.8) is 0 Å². The van der Waals surface area contributed by atoms with Gasteiger partial charge in [0.1, 0.15) is 17.7 Å². The van der Waals surface area contributed by atoms with Crippen LogP contribution in [-0.2, 0) is 7.05 Å². The summed E-state index contributed by atoms with van der Waals surface area (Å²) >= 11 is 0. The molecule has 0 spiro atoms. The van der Waals surface area contributed by atoms with Crippen molar-refractivity contribution in [1.29, 1.82) is 0 Å². The molecule has 0 bridgehead atoms. The highest BCUT2D eigenvalue weighted by molar-refractivity contribution is 5.77.